The summed E-state index contributed by atoms with van der Waals surface area (Å²) in [6.45, 7) is 6.08. The third-order valence-electron chi connectivity index (χ3n) is 4.27. The average molecular weight is 287 g/mol. The molecule has 1 fully saturated rings. The van der Waals surface area contributed by atoms with Gasteiger partial charge in [-0.1, -0.05) is 12.1 Å². The maximum atomic E-state index is 8.90. The van der Waals surface area contributed by atoms with Gasteiger partial charge < -0.3 is 10.1 Å². The highest BCUT2D eigenvalue weighted by molar-refractivity contribution is 5.32. The van der Waals surface area contributed by atoms with Crippen LogP contribution < -0.4 is 5.32 Å². The van der Waals surface area contributed by atoms with Gasteiger partial charge in [0.25, 0.3) is 0 Å². The Morgan fingerprint density at radius 1 is 1.43 bits per heavy atom. The van der Waals surface area contributed by atoms with Gasteiger partial charge in [-0.25, -0.2) is 0 Å². The van der Waals surface area contributed by atoms with Crippen LogP contribution in [0.2, 0.25) is 0 Å². The molecule has 1 aromatic carbocycles. The zero-order chi connectivity index (χ0) is 15.1. The fourth-order valence-corrected chi connectivity index (χ4v) is 2.89. The van der Waals surface area contributed by atoms with Crippen molar-refractivity contribution in [2.24, 2.45) is 0 Å². The monoisotopic (exact) mass is 287 g/mol. The SMILES string of the molecule is COCCN(CC1CCCN1)C(C)c1ccc(C#N)cc1. The van der Waals surface area contributed by atoms with Crippen molar-refractivity contribution in [1.29, 1.82) is 5.26 Å². The van der Waals surface area contributed by atoms with E-state index >= 15 is 0 Å². The third kappa shape index (κ3) is 4.53. The second-order valence-electron chi connectivity index (χ2n) is 5.69. The molecule has 114 valence electrons. The predicted molar refractivity (Wildman–Crippen MR) is 84.0 cm³/mol. The van der Waals surface area contributed by atoms with E-state index in [0.717, 1.165) is 26.2 Å². The minimum atomic E-state index is 0.329. The first kappa shape index (κ1) is 16.0. The molecule has 2 unspecified atom stereocenters. The molecule has 0 saturated carbocycles. The maximum absolute atomic E-state index is 8.90. The number of nitrogens with one attached hydrogen (secondary N) is 1. The van der Waals surface area contributed by atoms with Gasteiger partial charge in [-0.2, -0.15) is 5.26 Å². The van der Waals surface area contributed by atoms with Crippen LogP contribution in [-0.2, 0) is 4.74 Å². The van der Waals surface area contributed by atoms with Crippen LogP contribution in [0.15, 0.2) is 24.3 Å². The fraction of sp³-hybridized carbons (Fsp3) is 0.588. The molecule has 4 heteroatoms. The van der Waals surface area contributed by atoms with Gasteiger partial charge >= 0.3 is 0 Å². The van der Waals surface area contributed by atoms with Gasteiger partial charge in [-0.15, -0.1) is 0 Å². The number of nitrogens with zero attached hydrogens (tertiary/aromatic N) is 2. The standard InChI is InChI=1S/C17H25N3O/c1-14(16-7-5-15(12-18)6-8-16)20(10-11-21-2)13-17-4-3-9-19-17/h5-8,14,17,19H,3-4,9-11,13H2,1-2H3. The molecule has 0 radical (unpaired) electrons. The molecule has 1 aliphatic rings. The second-order valence-corrected chi connectivity index (χ2v) is 5.69. The molecule has 1 saturated heterocycles. The summed E-state index contributed by atoms with van der Waals surface area (Å²) in [5.41, 5.74) is 1.97. The first-order valence-corrected chi connectivity index (χ1v) is 7.71. The molecular weight excluding hydrogens is 262 g/mol. The summed E-state index contributed by atoms with van der Waals surface area (Å²) in [6.07, 6.45) is 2.53. The number of methoxy groups -OCH3 is 1. The number of hydrogen-bond donors (Lipinski definition) is 1. The molecule has 1 aromatic rings. The lowest BCUT2D eigenvalue weighted by Crippen LogP contribution is -2.40. The highest BCUT2D eigenvalue weighted by Crippen LogP contribution is 2.22. The van der Waals surface area contributed by atoms with Crippen LogP contribution in [0, 0.1) is 11.3 Å². The number of hydrogen-bond acceptors (Lipinski definition) is 4. The number of nitriles is 1. The molecule has 4 nitrogen and oxygen atoms in total. The highest BCUT2D eigenvalue weighted by atomic mass is 16.5. The Bertz CT molecular complexity index is 460. The summed E-state index contributed by atoms with van der Waals surface area (Å²) >= 11 is 0. The molecule has 1 heterocycles. The maximum Gasteiger partial charge on any atom is 0.0991 e. The Kier molecular flexibility index (Phi) is 6.19. The van der Waals surface area contributed by atoms with E-state index in [2.05, 4.69) is 35.3 Å². The summed E-state index contributed by atoms with van der Waals surface area (Å²) < 4.78 is 5.25. The van der Waals surface area contributed by atoms with Crippen molar-refractivity contribution in [3.8, 4) is 6.07 Å². The van der Waals surface area contributed by atoms with Crippen molar-refractivity contribution in [3.05, 3.63) is 35.4 Å². The van der Waals surface area contributed by atoms with Gasteiger partial charge in [-0.3, -0.25) is 4.90 Å². The average Bonchev–Trinajstić information content (AvgIpc) is 3.04. The quantitative estimate of drug-likeness (QED) is 0.836. The summed E-state index contributed by atoms with van der Waals surface area (Å²) in [7, 11) is 1.75. The van der Waals surface area contributed by atoms with Crippen molar-refractivity contribution in [2.75, 3.05) is 33.4 Å². The van der Waals surface area contributed by atoms with E-state index in [0.29, 0.717) is 17.6 Å². The Morgan fingerprint density at radius 3 is 2.76 bits per heavy atom. The first-order valence-electron chi connectivity index (χ1n) is 7.71. The van der Waals surface area contributed by atoms with Crippen LogP contribution in [0.25, 0.3) is 0 Å². The smallest absolute Gasteiger partial charge is 0.0991 e. The number of rotatable bonds is 7. The van der Waals surface area contributed by atoms with Crippen LogP contribution in [0.4, 0.5) is 0 Å². The van der Waals surface area contributed by atoms with E-state index in [9.17, 15) is 0 Å². The summed E-state index contributed by atoms with van der Waals surface area (Å²) in [5, 5.41) is 12.5. The Balaban J connectivity index is 2.03. The zero-order valence-corrected chi connectivity index (χ0v) is 13.0. The normalized spacial score (nSPS) is 19.6. The van der Waals surface area contributed by atoms with Gasteiger partial charge in [0.2, 0.25) is 0 Å². The van der Waals surface area contributed by atoms with E-state index in [1.54, 1.807) is 7.11 Å². The van der Waals surface area contributed by atoms with Crippen molar-refractivity contribution in [3.63, 3.8) is 0 Å². The summed E-state index contributed by atoms with van der Waals surface area (Å²) in [6, 6.07) is 11.0. The lowest BCUT2D eigenvalue weighted by Gasteiger charge is -2.31. The van der Waals surface area contributed by atoms with Crippen LogP contribution in [-0.4, -0.2) is 44.3 Å². The third-order valence-corrected chi connectivity index (χ3v) is 4.27. The van der Waals surface area contributed by atoms with E-state index in [1.807, 2.05) is 12.1 Å². The van der Waals surface area contributed by atoms with Gasteiger partial charge in [-0.05, 0) is 44.0 Å². The summed E-state index contributed by atoms with van der Waals surface area (Å²) in [4.78, 5) is 2.47. The molecular formula is C17H25N3O. The minimum Gasteiger partial charge on any atom is -0.383 e. The van der Waals surface area contributed by atoms with Crippen molar-refractivity contribution in [1.82, 2.24) is 10.2 Å². The molecule has 2 rings (SSSR count). The molecule has 0 aromatic heterocycles. The topological polar surface area (TPSA) is 48.3 Å². The van der Waals surface area contributed by atoms with Gasteiger partial charge in [0, 0.05) is 32.3 Å². The van der Waals surface area contributed by atoms with Crippen LogP contribution in [0.3, 0.4) is 0 Å². The zero-order valence-electron chi connectivity index (χ0n) is 13.0. The fourth-order valence-electron chi connectivity index (χ4n) is 2.89. The predicted octanol–water partition coefficient (Wildman–Crippen LogP) is 2.32. The Hall–Kier alpha value is -1.41. The Morgan fingerprint density at radius 2 is 2.19 bits per heavy atom. The number of benzene rings is 1. The lowest BCUT2D eigenvalue weighted by molar-refractivity contribution is 0.118. The molecule has 0 amide bonds. The molecule has 0 spiro atoms. The van der Waals surface area contributed by atoms with E-state index in [4.69, 9.17) is 10.00 Å². The Labute approximate surface area is 127 Å². The molecule has 21 heavy (non-hydrogen) atoms. The highest BCUT2D eigenvalue weighted by Gasteiger charge is 2.22. The molecule has 2 atom stereocenters. The molecule has 0 bridgehead atoms. The lowest BCUT2D eigenvalue weighted by atomic mass is 10.0. The van der Waals surface area contributed by atoms with E-state index < -0.39 is 0 Å². The second kappa shape index (κ2) is 8.14. The van der Waals surface area contributed by atoms with E-state index in [1.165, 1.54) is 18.4 Å². The van der Waals surface area contributed by atoms with Crippen molar-refractivity contribution >= 4 is 0 Å². The van der Waals surface area contributed by atoms with Gasteiger partial charge in [0.15, 0.2) is 0 Å². The number of ether oxygens (including phenoxy) is 1. The van der Waals surface area contributed by atoms with Crippen LogP contribution >= 0.6 is 0 Å². The molecule has 0 aliphatic carbocycles. The van der Waals surface area contributed by atoms with Gasteiger partial charge in [0.05, 0.1) is 18.2 Å². The van der Waals surface area contributed by atoms with E-state index in [-0.39, 0.29) is 0 Å². The summed E-state index contributed by atoms with van der Waals surface area (Å²) in [5.74, 6) is 0. The van der Waals surface area contributed by atoms with Crippen LogP contribution in [0.5, 0.6) is 0 Å². The first-order chi connectivity index (χ1) is 10.2. The largest absolute Gasteiger partial charge is 0.383 e. The minimum absolute atomic E-state index is 0.329. The van der Waals surface area contributed by atoms with Gasteiger partial charge in [0.1, 0.15) is 0 Å². The van der Waals surface area contributed by atoms with Crippen molar-refractivity contribution < 1.29 is 4.74 Å². The molecule has 1 aliphatic heterocycles. The van der Waals surface area contributed by atoms with Crippen LogP contribution in [0.1, 0.15) is 36.9 Å². The van der Waals surface area contributed by atoms with Crippen molar-refractivity contribution in [2.45, 2.75) is 31.8 Å². The molecule has 1 N–H and O–H groups in total.